The van der Waals surface area contributed by atoms with Crippen molar-refractivity contribution < 1.29 is 9.52 Å². The summed E-state index contributed by atoms with van der Waals surface area (Å²) in [6.07, 6.45) is 5.55. The van der Waals surface area contributed by atoms with E-state index in [-0.39, 0.29) is 24.0 Å². The number of aliphatic hydroxyl groups is 1. The molecule has 1 fully saturated rings. The maximum Gasteiger partial charge on any atom is 0.285 e. The molecule has 0 unspecified atom stereocenters. The Labute approximate surface area is 179 Å². The van der Waals surface area contributed by atoms with E-state index in [4.69, 9.17) is 9.40 Å². The van der Waals surface area contributed by atoms with Crippen LogP contribution in [0.2, 0.25) is 0 Å². The Bertz CT molecular complexity index is 1290. The first-order chi connectivity index (χ1) is 15.1. The second kappa shape index (κ2) is 7.81. The van der Waals surface area contributed by atoms with Gasteiger partial charge in [-0.05, 0) is 32.3 Å². The van der Waals surface area contributed by atoms with Crippen molar-refractivity contribution >= 4 is 5.65 Å². The van der Waals surface area contributed by atoms with Crippen LogP contribution in [0.4, 0.5) is 0 Å². The first-order valence-electron chi connectivity index (χ1n) is 10.9. The molecule has 3 aromatic heterocycles. The number of aromatic amines is 1. The van der Waals surface area contributed by atoms with E-state index in [0.717, 1.165) is 42.5 Å². The number of benzene rings is 1. The highest BCUT2D eigenvalue weighted by Crippen LogP contribution is 2.37. The number of fused-ring (bicyclic) bond motifs is 1. The Kier molecular flexibility index (Phi) is 4.98. The Balaban J connectivity index is 1.67. The molecule has 2 N–H and O–H groups in total. The van der Waals surface area contributed by atoms with E-state index in [1.807, 2.05) is 37.3 Å². The van der Waals surface area contributed by atoms with Crippen molar-refractivity contribution in [1.82, 2.24) is 19.6 Å². The van der Waals surface area contributed by atoms with Gasteiger partial charge in [0.05, 0.1) is 12.3 Å². The number of hydrogen-bond donors (Lipinski definition) is 2. The minimum absolute atomic E-state index is 0.203. The van der Waals surface area contributed by atoms with Gasteiger partial charge in [-0.25, -0.2) is 14.5 Å². The Hall–Kier alpha value is -3.19. The molecule has 3 heterocycles. The molecule has 7 nitrogen and oxygen atoms in total. The average molecular weight is 418 g/mol. The van der Waals surface area contributed by atoms with Gasteiger partial charge >= 0.3 is 0 Å². The number of aromatic nitrogens is 4. The van der Waals surface area contributed by atoms with Crippen LogP contribution in [0.1, 0.15) is 60.9 Å². The molecule has 7 heteroatoms. The number of aliphatic hydroxyl groups excluding tert-OH is 1. The average Bonchev–Trinajstić information content (AvgIpc) is 3.36. The lowest BCUT2D eigenvalue weighted by Crippen LogP contribution is -2.19. The molecule has 31 heavy (non-hydrogen) atoms. The predicted molar refractivity (Wildman–Crippen MR) is 118 cm³/mol. The standard InChI is InChI=1S/C24H26N4O3/c1-14-20(23-26-18(13-29)21(31-23)17-11-7-4-8-12-17)24(30)28-22(25-14)19(15(2)27-28)16-9-5-3-6-10-16/h3,5-6,9-10,17,27,29H,4,7-8,11-13H2,1-2H3. The molecule has 0 bridgehead atoms. The number of hydrogen-bond acceptors (Lipinski definition) is 5. The quantitative estimate of drug-likeness (QED) is 0.509. The van der Waals surface area contributed by atoms with Crippen molar-refractivity contribution in [2.24, 2.45) is 0 Å². The zero-order valence-corrected chi connectivity index (χ0v) is 17.8. The molecule has 1 aromatic carbocycles. The molecular weight excluding hydrogens is 392 g/mol. The summed E-state index contributed by atoms with van der Waals surface area (Å²) in [5, 5.41) is 13.0. The Morgan fingerprint density at radius 1 is 1.10 bits per heavy atom. The molecule has 0 radical (unpaired) electrons. The third kappa shape index (κ3) is 3.29. The van der Waals surface area contributed by atoms with E-state index in [1.54, 1.807) is 6.92 Å². The van der Waals surface area contributed by atoms with E-state index in [1.165, 1.54) is 10.9 Å². The zero-order chi connectivity index (χ0) is 21.5. The minimum Gasteiger partial charge on any atom is -0.440 e. The summed E-state index contributed by atoms with van der Waals surface area (Å²) in [5.41, 5.74) is 4.49. The number of aryl methyl sites for hydroxylation is 2. The first-order valence-corrected chi connectivity index (χ1v) is 10.9. The van der Waals surface area contributed by atoms with E-state index in [2.05, 4.69) is 10.1 Å². The molecule has 4 aromatic rings. The third-order valence-corrected chi connectivity index (χ3v) is 6.27. The summed E-state index contributed by atoms with van der Waals surface area (Å²) in [6.45, 7) is 3.53. The van der Waals surface area contributed by atoms with E-state index >= 15 is 0 Å². The van der Waals surface area contributed by atoms with Crippen LogP contribution in [0.5, 0.6) is 0 Å². The fraction of sp³-hybridized carbons (Fsp3) is 0.375. The Morgan fingerprint density at radius 3 is 2.55 bits per heavy atom. The number of oxazole rings is 1. The van der Waals surface area contributed by atoms with Crippen molar-refractivity contribution in [1.29, 1.82) is 0 Å². The molecular formula is C24H26N4O3. The van der Waals surface area contributed by atoms with Crippen LogP contribution in [0.3, 0.4) is 0 Å². The van der Waals surface area contributed by atoms with Crippen LogP contribution in [0.15, 0.2) is 39.5 Å². The number of rotatable bonds is 4. The molecule has 1 saturated carbocycles. The molecule has 1 aliphatic carbocycles. The Morgan fingerprint density at radius 2 is 1.84 bits per heavy atom. The lowest BCUT2D eigenvalue weighted by molar-refractivity contribution is 0.269. The van der Waals surface area contributed by atoms with Crippen LogP contribution >= 0.6 is 0 Å². The number of H-pyrrole nitrogens is 1. The number of nitrogens with one attached hydrogen (secondary N) is 1. The summed E-state index contributed by atoms with van der Waals surface area (Å²) in [4.78, 5) is 22.7. The van der Waals surface area contributed by atoms with Gasteiger partial charge in [0.2, 0.25) is 5.89 Å². The van der Waals surface area contributed by atoms with E-state index < -0.39 is 0 Å². The smallest absolute Gasteiger partial charge is 0.285 e. The molecule has 0 saturated heterocycles. The summed E-state index contributed by atoms with van der Waals surface area (Å²) >= 11 is 0. The molecule has 1 aliphatic rings. The maximum atomic E-state index is 13.5. The normalized spacial score (nSPS) is 15.1. The van der Waals surface area contributed by atoms with Gasteiger partial charge in [-0.1, -0.05) is 49.6 Å². The van der Waals surface area contributed by atoms with Gasteiger partial charge in [-0.3, -0.25) is 9.89 Å². The lowest BCUT2D eigenvalue weighted by atomic mass is 9.87. The molecule has 0 aliphatic heterocycles. The van der Waals surface area contributed by atoms with E-state index in [0.29, 0.717) is 28.4 Å². The van der Waals surface area contributed by atoms with Gasteiger partial charge < -0.3 is 9.52 Å². The highest BCUT2D eigenvalue weighted by Gasteiger charge is 2.27. The van der Waals surface area contributed by atoms with Gasteiger partial charge in [-0.15, -0.1) is 0 Å². The first kappa shape index (κ1) is 19.8. The lowest BCUT2D eigenvalue weighted by Gasteiger charge is -2.19. The summed E-state index contributed by atoms with van der Waals surface area (Å²) in [5.74, 6) is 1.20. The molecule has 0 atom stereocenters. The van der Waals surface area contributed by atoms with Crippen molar-refractivity contribution in [2.45, 2.75) is 58.5 Å². The van der Waals surface area contributed by atoms with Gasteiger partial charge in [0.25, 0.3) is 5.56 Å². The van der Waals surface area contributed by atoms with Gasteiger partial charge in [0.1, 0.15) is 17.0 Å². The minimum atomic E-state index is -0.256. The predicted octanol–water partition coefficient (Wildman–Crippen LogP) is 4.50. The van der Waals surface area contributed by atoms with Crippen molar-refractivity contribution in [2.75, 3.05) is 0 Å². The highest BCUT2D eigenvalue weighted by molar-refractivity contribution is 5.80. The van der Waals surface area contributed by atoms with Crippen LogP contribution in [-0.2, 0) is 6.61 Å². The van der Waals surface area contributed by atoms with Gasteiger partial charge in [0, 0.05) is 17.2 Å². The fourth-order valence-corrected chi connectivity index (χ4v) is 4.75. The monoisotopic (exact) mass is 418 g/mol. The third-order valence-electron chi connectivity index (χ3n) is 6.27. The van der Waals surface area contributed by atoms with Crippen LogP contribution in [0, 0.1) is 13.8 Å². The van der Waals surface area contributed by atoms with Crippen molar-refractivity contribution in [3.63, 3.8) is 0 Å². The van der Waals surface area contributed by atoms with E-state index in [9.17, 15) is 9.90 Å². The van der Waals surface area contributed by atoms with Crippen LogP contribution in [-0.4, -0.2) is 24.7 Å². The molecule has 0 spiro atoms. The topological polar surface area (TPSA) is 96.4 Å². The van der Waals surface area contributed by atoms with Crippen molar-refractivity contribution in [3.8, 4) is 22.6 Å². The van der Waals surface area contributed by atoms with Crippen LogP contribution < -0.4 is 5.56 Å². The summed E-state index contributed by atoms with van der Waals surface area (Å²) in [7, 11) is 0. The number of nitrogens with zero attached hydrogens (tertiary/aromatic N) is 3. The SMILES string of the molecule is Cc1nc2c(-c3ccccc3)c(C)[nH]n2c(=O)c1-c1nc(CO)c(C2CCCCC2)o1. The van der Waals surface area contributed by atoms with Gasteiger partial charge in [0.15, 0.2) is 5.65 Å². The molecule has 160 valence electrons. The van der Waals surface area contributed by atoms with Gasteiger partial charge in [-0.2, -0.15) is 0 Å². The molecule has 0 amide bonds. The summed E-state index contributed by atoms with van der Waals surface area (Å²) in [6, 6.07) is 9.90. The highest BCUT2D eigenvalue weighted by atomic mass is 16.4. The summed E-state index contributed by atoms with van der Waals surface area (Å²) < 4.78 is 7.59. The second-order valence-electron chi connectivity index (χ2n) is 8.34. The molecule has 5 rings (SSSR count). The van der Waals surface area contributed by atoms with Crippen molar-refractivity contribution in [3.05, 3.63) is 63.5 Å². The maximum absolute atomic E-state index is 13.5. The second-order valence-corrected chi connectivity index (χ2v) is 8.34. The fourth-order valence-electron chi connectivity index (χ4n) is 4.75. The zero-order valence-electron chi connectivity index (χ0n) is 17.8. The largest absolute Gasteiger partial charge is 0.440 e. The van der Waals surface area contributed by atoms with Crippen LogP contribution in [0.25, 0.3) is 28.2 Å².